The summed E-state index contributed by atoms with van der Waals surface area (Å²) >= 11 is 0. The minimum atomic E-state index is -1.56. The van der Waals surface area contributed by atoms with Gasteiger partial charge in [0.05, 0.1) is 22.1 Å². The van der Waals surface area contributed by atoms with Crippen LogP contribution in [-0.4, -0.2) is 15.7 Å². The van der Waals surface area contributed by atoms with Crippen LogP contribution in [0.5, 0.6) is 0 Å². The minimum Gasteiger partial charge on any atom is -0.293 e. The van der Waals surface area contributed by atoms with Gasteiger partial charge >= 0.3 is 0 Å². The molecule has 0 amide bonds. The summed E-state index contributed by atoms with van der Waals surface area (Å²) in [6.45, 7) is 3.82. The lowest BCUT2D eigenvalue weighted by Crippen LogP contribution is -2.13. The van der Waals surface area contributed by atoms with Crippen LogP contribution in [0.3, 0.4) is 0 Å². The van der Waals surface area contributed by atoms with E-state index in [0.29, 0.717) is 11.0 Å². The Morgan fingerprint density at radius 1 is 1.05 bits per heavy atom. The second-order valence-electron chi connectivity index (χ2n) is 4.78. The van der Waals surface area contributed by atoms with E-state index >= 15 is 0 Å². The van der Waals surface area contributed by atoms with Crippen LogP contribution in [0.25, 0.3) is 0 Å². The first kappa shape index (κ1) is 15.5. The molecule has 0 fully saturated rings. The van der Waals surface area contributed by atoms with Crippen molar-refractivity contribution >= 4 is 16.6 Å². The van der Waals surface area contributed by atoms with E-state index in [2.05, 4.69) is 0 Å². The van der Waals surface area contributed by atoms with E-state index in [9.17, 15) is 17.8 Å². The third-order valence-electron chi connectivity index (χ3n) is 3.23. The molecule has 1 atom stereocenters. The first-order valence-electron chi connectivity index (χ1n) is 6.32. The Morgan fingerprint density at radius 3 is 2.38 bits per heavy atom. The van der Waals surface area contributed by atoms with Gasteiger partial charge in [-0.05, 0) is 49.2 Å². The van der Waals surface area contributed by atoms with Crippen LogP contribution in [0.2, 0.25) is 0 Å². The lowest BCUT2D eigenvalue weighted by Gasteiger charge is -2.06. The molecule has 0 aliphatic carbocycles. The predicted octanol–water partition coefficient (Wildman–Crippen LogP) is 3.57. The topological polar surface area (TPSA) is 34.1 Å². The Kier molecular flexibility index (Phi) is 4.63. The van der Waals surface area contributed by atoms with E-state index in [1.54, 1.807) is 12.1 Å². The number of benzene rings is 2. The number of Topliss-reactive ketones (excluding diaryl/α,β-unsaturated/α-hetero) is 1. The molecule has 0 aliphatic rings. The van der Waals surface area contributed by atoms with Gasteiger partial charge in [-0.3, -0.25) is 9.00 Å². The second-order valence-corrected chi connectivity index (χ2v) is 6.23. The molecule has 0 radical (unpaired) electrons. The summed E-state index contributed by atoms with van der Waals surface area (Å²) in [5.74, 6) is -2.62. The smallest absolute Gasteiger partial charge is 0.178 e. The fourth-order valence-electron chi connectivity index (χ4n) is 1.85. The Morgan fingerprint density at radius 2 is 1.76 bits per heavy atom. The van der Waals surface area contributed by atoms with Gasteiger partial charge in [0.1, 0.15) is 11.6 Å². The van der Waals surface area contributed by atoms with Gasteiger partial charge in [-0.2, -0.15) is 0 Å². The molecule has 0 N–H and O–H groups in total. The summed E-state index contributed by atoms with van der Waals surface area (Å²) in [4.78, 5) is 12.5. The summed E-state index contributed by atoms with van der Waals surface area (Å²) in [5, 5.41) is 0. The number of hydrogen-bond acceptors (Lipinski definition) is 2. The number of hydrogen-bond donors (Lipinski definition) is 0. The molecule has 2 nitrogen and oxygen atoms in total. The average Bonchev–Trinajstić information content (AvgIpc) is 2.41. The molecule has 2 aromatic rings. The molecule has 0 aliphatic heterocycles. The summed E-state index contributed by atoms with van der Waals surface area (Å²) < 4.78 is 38.5. The Hall–Kier alpha value is -1.88. The van der Waals surface area contributed by atoms with E-state index in [-0.39, 0.29) is 11.3 Å². The van der Waals surface area contributed by atoms with Gasteiger partial charge in [0.25, 0.3) is 0 Å². The van der Waals surface area contributed by atoms with Crippen LogP contribution in [-0.2, 0) is 10.8 Å². The highest BCUT2D eigenvalue weighted by molar-refractivity contribution is 7.85. The zero-order chi connectivity index (χ0) is 15.6. The number of carbonyl (C=O) groups is 1. The SMILES string of the molecule is Cc1ccc(S(=O)CC(=O)c2ccc(F)cc2F)cc1C. The molecule has 2 rings (SSSR count). The van der Waals surface area contributed by atoms with Gasteiger partial charge in [-0.25, -0.2) is 8.78 Å². The van der Waals surface area contributed by atoms with Gasteiger partial charge < -0.3 is 0 Å². The van der Waals surface area contributed by atoms with Crippen LogP contribution < -0.4 is 0 Å². The number of carbonyl (C=O) groups excluding carboxylic acids is 1. The van der Waals surface area contributed by atoms with Gasteiger partial charge in [0, 0.05) is 11.0 Å². The Bertz CT molecular complexity index is 726. The standard InChI is InChI=1S/C16H14F2O2S/c1-10-3-5-13(7-11(10)2)21(20)9-16(19)14-6-4-12(17)8-15(14)18/h3-8H,9H2,1-2H3. The summed E-state index contributed by atoms with van der Waals surface area (Å²) in [7, 11) is -1.56. The van der Waals surface area contributed by atoms with Crippen molar-refractivity contribution in [2.45, 2.75) is 18.7 Å². The van der Waals surface area contributed by atoms with Crippen molar-refractivity contribution in [1.29, 1.82) is 0 Å². The van der Waals surface area contributed by atoms with Crippen molar-refractivity contribution in [3.63, 3.8) is 0 Å². The summed E-state index contributed by atoms with van der Waals surface area (Å²) in [6.07, 6.45) is 0. The van der Waals surface area contributed by atoms with Gasteiger partial charge in [-0.15, -0.1) is 0 Å². The number of halogens is 2. The zero-order valence-electron chi connectivity index (χ0n) is 11.7. The number of rotatable bonds is 4. The third-order valence-corrected chi connectivity index (χ3v) is 4.54. The molecule has 0 saturated carbocycles. The van der Waals surface area contributed by atoms with Crippen LogP contribution >= 0.6 is 0 Å². The van der Waals surface area contributed by atoms with E-state index in [0.717, 1.165) is 23.3 Å². The average molecular weight is 308 g/mol. The quantitative estimate of drug-likeness (QED) is 0.809. The highest BCUT2D eigenvalue weighted by atomic mass is 32.2. The van der Waals surface area contributed by atoms with Crippen molar-refractivity contribution in [3.05, 3.63) is 64.7 Å². The van der Waals surface area contributed by atoms with Crippen LogP contribution in [0.1, 0.15) is 21.5 Å². The van der Waals surface area contributed by atoms with Gasteiger partial charge in [-0.1, -0.05) is 6.07 Å². The Balaban J connectivity index is 2.18. The zero-order valence-corrected chi connectivity index (χ0v) is 12.5. The van der Waals surface area contributed by atoms with Crippen molar-refractivity contribution in [1.82, 2.24) is 0 Å². The van der Waals surface area contributed by atoms with Crippen molar-refractivity contribution in [3.8, 4) is 0 Å². The molecule has 1 unspecified atom stereocenters. The molecular formula is C16H14F2O2S. The number of aryl methyl sites for hydroxylation is 2. The second kappa shape index (κ2) is 6.26. The molecule has 21 heavy (non-hydrogen) atoms. The van der Waals surface area contributed by atoms with E-state index in [4.69, 9.17) is 0 Å². The molecule has 2 aromatic carbocycles. The van der Waals surface area contributed by atoms with Gasteiger partial charge in [0.2, 0.25) is 0 Å². The molecular weight excluding hydrogens is 294 g/mol. The van der Waals surface area contributed by atoms with E-state index in [1.807, 2.05) is 19.9 Å². The fourth-order valence-corrected chi connectivity index (χ4v) is 2.94. The van der Waals surface area contributed by atoms with Gasteiger partial charge in [0.15, 0.2) is 5.78 Å². The lowest BCUT2D eigenvalue weighted by atomic mass is 10.1. The maximum absolute atomic E-state index is 13.5. The highest BCUT2D eigenvalue weighted by Gasteiger charge is 2.16. The maximum atomic E-state index is 13.5. The van der Waals surface area contributed by atoms with Crippen LogP contribution in [0, 0.1) is 25.5 Å². The maximum Gasteiger partial charge on any atom is 0.178 e. The minimum absolute atomic E-state index is 0.242. The van der Waals surface area contributed by atoms with E-state index < -0.39 is 28.2 Å². The molecule has 0 bridgehead atoms. The summed E-state index contributed by atoms with van der Waals surface area (Å²) in [6, 6.07) is 7.99. The first-order chi connectivity index (χ1) is 9.88. The third kappa shape index (κ3) is 3.61. The predicted molar refractivity (Wildman–Crippen MR) is 77.9 cm³/mol. The first-order valence-corrected chi connectivity index (χ1v) is 7.64. The molecule has 5 heteroatoms. The molecule has 0 saturated heterocycles. The number of ketones is 1. The van der Waals surface area contributed by atoms with Crippen molar-refractivity contribution in [2.75, 3.05) is 5.75 Å². The molecule has 0 spiro atoms. The largest absolute Gasteiger partial charge is 0.293 e. The van der Waals surface area contributed by atoms with Crippen molar-refractivity contribution < 1.29 is 17.8 Å². The highest BCUT2D eigenvalue weighted by Crippen LogP contribution is 2.16. The monoisotopic (exact) mass is 308 g/mol. The van der Waals surface area contributed by atoms with Crippen molar-refractivity contribution in [2.24, 2.45) is 0 Å². The Labute approximate surface area is 124 Å². The van der Waals surface area contributed by atoms with Crippen LogP contribution in [0.4, 0.5) is 8.78 Å². The molecule has 110 valence electrons. The normalized spacial score (nSPS) is 12.2. The summed E-state index contributed by atoms with van der Waals surface area (Å²) in [5.41, 5.74) is 1.79. The lowest BCUT2D eigenvalue weighted by molar-refractivity contribution is 0.101. The molecule has 0 heterocycles. The molecule has 0 aromatic heterocycles. The van der Waals surface area contributed by atoms with E-state index in [1.165, 1.54) is 0 Å². The fraction of sp³-hybridized carbons (Fsp3) is 0.188. The van der Waals surface area contributed by atoms with Crippen LogP contribution in [0.15, 0.2) is 41.3 Å².